The van der Waals surface area contributed by atoms with Gasteiger partial charge in [-0.25, -0.2) is 0 Å². The summed E-state index contributed by atoms with van der Waals surface area (Å²) >= 11 is 3.55. The lowest BCUT2D eigenvalue weighted by Gasteiger charge is -2.08. The summed E-state index contributed by atoms with van der Waals surface area (Å²) in [6, 6.07) is 22.6. The van der Waals surface area contributed by atoms with Gasteiger partial charge in [0.2, 0.25) is 0 Å². The molecule has 26 heavy (non-hydrogen) atoms. The normalized spacial score (nSPS) is 12.0. The smallest absolute Gasteiger partial charge is 0.155 e. The molecule has 3 N–H and O–H groups in total. The summed E-state index contributed by atoms with van der Waals surface area (Å²) < 4.78 is 3.37. The SMILES string of the molecule is N=NN=C(N)c1ccc2c(c1)c1ccccc1n2Cc1cccc(Br)c1. The first-order chi connectivity index (χ1) is 12.7. The Balaban J connectivity index is 1.94. The van der Waals surface area contributed by atoms with E-state index in [4.69, 9.17) is 11.3 Å². The number of fused-ring (bicyclic) bond motifs is 3. The summed E-state index contributed by atoms with van der Waals surface area (Å²) in [6.45, 7) is 0.772. The van der Waals surface area contributed by atoms with E-state index < -0.39 is 0 Å². The van der Waals surface area contributed by atoms with Crippen LogP contribution in [0.4, 0.5) is 0 Å². The third kappa shape index (κ3) is 2.88. The molecule has 3 aromatic carbocycles. The molecular formula is C20H16BrN5. The number of para-hydroxylation sites is 1. The Bertz CT molecular complexity index is 1160. The van der Waals surface area contributed by atoms with E-state index in [1.807, 2.05) is 36.4 Å². The van der Waals surface area contributed by atoms with Crippen LogP contribution in [-0.4, -0.2) is 10.4 Å². The summed E-state index contributed by atoms with van der Waals surface area (Å²) in [5.74, 6) is 0.241. The fourth-order valence-corrected chi connectivity index (χ4v) is 3.76. The molecule has 4 aromatic rings. The highest BCUT2D eigenvalue weighted by Crippen LogP contribution is 2.30. The monoisotopic (exact) mass is 405 g/mol. The molecule has 128 valence electrons. The molecule has 0 aliphatic carbocycles. The third-order valence-corrected chi connectivity index (χ3v) is 4.95. The Hall–Kier alpha value is -2.99. The molecule has 4 rings (SSSR count). The van der Waals surface area contributed by atoms with Crippen molar-refractivity contribution in [2.75, 3.05) is 0 Å². The van der Waals surface area contributed by atoms with Crippen LogP contribution in [0.2, 0.25) is 0 Å². The largest absolute Gasteiger partial charge is 0.382 e. The van der Waals surface area contributed by atoms with Gasteiger partial charge in [-0.3, -0.25) is 0 Å². The maximum atomic E-state index is 6.87. The van der Waals surface area contributed by atoms with Crippen molar-refractivity contribution in [3.8, 4) is 0 Å². The van der Waals surface area contributed by atoms with Crippen LogP contribution >= 0.6 is 15.9 Å². The molecule has 1 heterocycles. The molecule has 0 saturated carbocycles. The van der Waals surface area contributed by atoms with Gasteiger partial charge in [-0.2, -0.15) is 5.53 Å². The van der Waals surface area contributed by atoms with Gasteiger partial charge in [0.25, 0.3) is 0 Å². The Morgan fingerprint density at radius 3 is 2.58 bits per heavy atom. The first-order valence-corrected chi connectivity index (χ1v) is 8.92. The van der Waals surface area contributed by atoms with Gasteiger partial charge in [0.05, 0.1) is 0 Å². The number of benzene rings is 3. The highest BCUT2D eigenvalue weighted by molar-refractivity contribution is 9.10. The lowest BCUT2D eigenvalue weighted by Crippen LogP contribution is -2.12. The second-order valence-corrected chi connectivity index (χ2v) is 6.97. The number of halogens is 1. The fraction of sp³-hybridized carbons (Fsp3) is 0.0500. The second kappa shape index (κ2) is 6.72. The first kappa shape index (κ1) is 16.5. The summed E-state index contributed by atoms with van der Waals surface area (Å²) in [7, 11) is 0. The van der Waals surface area contributed by atoms with Crippen LogP contribution in [0.3, 0.4) is 0 Å². The van der Waals surface area contributed by atoms with Gasteiger partial charge in [0.15, 0.2) is 5.84 Å². The van der Waals surface area contributed by atoms with E-state index in [9.17, 15) is 0 Å². The molecule has 5 nitrogen and oxygen atoms in total. The minimum Gasteiger partial charge on any atom is -0.382 e. The lowest BCUT2D eigenvalue weighted by atomic mass is 10.1. The summed E-state index contributed by atoms with van der Waals surface area (Å²) in [5, 5.41) is 8.94. The van der Waals surface area contributed by atoms with Gasteiger partial charge in [-0.15, -0.1) is 5.10 Å². The number of nitrogens with two attached hydrogens (primary N) is 1. The van der Waals surface area contributed by atoms with Crippen LogP contribution in [0, 0.1) is 5.53 Å². The molecule has 1 aromatic heterocycles. The predicted octanol–water partition coefficient (Wildman–Crippen LogP) is 5.26. The van der Waals surface area contributed by atoms with Crippen molar-refractivity contribution in [1.29, 1.82) is 5.53 Å². The molecule has 0 saturated heterocycles. The topological polar surface area (TPSA) is 79.5 Å². The zero-order valence-electron chi connectivity index (χ0n) is 13.9. The van der Waals surface area contributed by atoms with Crippen molar-refractivity contribution in [3.63, 3.8) is 0 Å². The lowest BCUT2D eigenvalue weighted by molar-refractivity contribution is 0.868. The van der Waals surface area contributed by atoms with Crippen LogP contribution in [-0.2, 0) is 6.54 Å². The quantitative estimate of drug-likeness (QED) is 0.206. The molecular weight excluding hydrogens is 390 g/mol. The summed E-state index contributed by atoms with van der Waals surface area (Å²) in [6.07, 6.45) is 0. The maximum absolute atomic E-state index is 6.87. The van der Waals surface area contributed by atoms with E-state index >= 15 is 0 Å². The van der Waals surface area contributed by atoms with Gasteiger partial charge in [-0.1, -0.05) is 51.5 Å². The third-order valence-electron chi connectivity index (χ3n) is 4.46. The van der Waals surface area contributed by atoms with Crippen LogP contribution in [0.1, 0.15) is 11.1 Å². The number of nitrogens with one attached hydrogen (secondary N) is 1. The highest BCUT2D eigenvalue weighted by Gasteiger charge is 2.12. The highest BCUT2D eigenvalue weighted by atomic mass is 79.9. The number of amidine groups is 1. The number of rotatable bonds is 4. The zero-order chi connectivity index (χ0) is 18.1. The molecule has 0 radical (unpaired) electrons. The van der Waals surface area contributed by atoms with E-state index in [0.29, 0.717) is 0 Å². The van der Waals surface area contributed by atoms with Crippen LogP contribution < -0.4 is 5.73 Å². The van der Waals surface area contributed by atoms with Gasteiger partial charge in [-0.05, 0) is 42.0 Å². The number of aromatic nitrogens is 1. The van der Waals surface area contributed by atoms with E-state index in [-0.39, 0.29) is 5.84 Å². The molecule has 0 amide bonds. The first-order valence-electron chi connectivity index (χ1n) is 8.13. The van der Waals surface area contributed by atoms with Crippen molar-refractivity contribution in [2.24, 2.45) is 16.1 Å². The number of nitrogens with zero attached hydrogens (tertiary/aromatic N) is 3. The average molecular weight is 406 g/mol. The molecule has 6 heteroatoms. The Kier molecular flexibility index (Phi) is 4.26. The van der Waals surface area contributed by atoms with Crippen molar-refractivity contribution in [1.82, 2.24) is 4.57 Å². The minimum atomic E-state index is 0.241. The zero-order valence-corrected chi connectivity index (χ0v) is 15.4. The van der Waals surface area contributed by atoms with Gasteiger partial charge >= 0.3 is 0 Å². The van der Waals surface area contributed by atoms with Crippen molar-refractivity contribution >= 4 is 43.6 Å². The van der Waals surface area contributed by atoms with Crippen molar-refractivity contribution in [2.45, 2.75) is 6.54 Å². The Morgan fingerprint density at radius 2 is 1.77 bits per heavy atom. The predicted molar refractivity (Wildman–Crippen MR) is 109 cm³/mol. The number of hydrogen-bond donors (Lipinski definition) is 2. The number of hydrogen-bond acceptors (Lipinski definition) is 2. The van der Waals surface area contributed by atoms with Crippen molar-refractivity contribution in [3.05, 3.63) is 82.3 Å². The van der Waals surface area contributed by atoms with Crippen LogP contribution in [0.5, 0.6) is 0 Å². The Morgan fingerprint density at radius 1 is 0.962 bits per heavy atom. The maximum Gasteiger partial charge on any atom is 0.155 e. The average Bonchev–Trinajstić information content (AvgIpc) is 2.96. The molecule has 0 bridgehead atoms. The van der Waals surface area contributed by atoms with Crippen molar-refractivity contribution < 1.29 is 0 Å². The minimum absolute atomic E-state index is 0.241. The van der Waals surface area contributed by atoms with Crippen LogP contribution in [0.15, 0.2) is 81.5 Å². The molecule has 0 aliphatic rings. The van der Waals surface area contributed by atoms with Crippen LogP contribution in [0.25, 0.3) is 21.8 Å². The molecule has 0 spiro atoms. The summed E-state index contributed by atoms with van der Waals surface area (Å²) in [5.41, 5.74) is 17.1. The van der Waals surface area contributed by atoms with E-state index in [2.05, 4.69) is 61.2 Å². The molecule has 0 unspecified atom stereocenters. The second-order valence-electron chi connectivity index (χ2n) is 6.05. The molecule has 0 aliphatic heterocycles. The van der Waals surface area contributed by atoms with Gasteiger partial charge < -0.3 is 10.3 Å². The van der Waals surface area contributed by atoms with E-state index in [1.54, 1.807) is 0 Å². The van der Waals surface area contributed by atoms with Gasteiger partial charge in [0, 0.05) is 38.4 Å². The Labute approximate surface area is 158 Å². The van der Waals surface area contributed by atoms with E-state index in [1.165, 1.54) is 11.1 Å². The standard InChI is InChI=1S/C20H16BrN5/c21-15-5-3-4-13(10-15)12-26-18-7-2-1-6-16(18)17-11-14(8-9-19(17)26)20(22)24-25-23/h1-11H,12H2,(H3,22,23,24). The molecule has 0 fully saturated rings. The molecule has 0 atom stereocenters. The van der Waals surface area contributed by atoms with Gasteiger partial charge in [0.1, 0.15) is 0 Å². The fourth-order valence-electron chi connectivity index (χ4n) is 3.31. The summed E-state index contributed by atoms with van der Waals surface area (Å²) in [4.78, 5) is 0. The van der Waals surface area contributed by atoms with E-state index in [0.717, 1.165) is 32.9 Å².